The lowest BCUT2D eigenvalue weighted by Gasteiger charge is -2.35. The van der Waals surface area contributed by atoms with Gasteiger partial charge in [0.1, 0.15) is 34.4 Å². The predicted octanol–water partition coefficient (Wildman–Crippen LogP) is 9.38. The molecule has 3 aromatic heterocycles. The largest absolute Gasteiger partial charge is 0.391 e. The molecular formula is C55H72ClN11O6S2. The first-order valence-electron chi connectivity index (χ1n) is 26.2. The molecule has 20 heteroatoms. The zero-order chi connectivity index (χ0) is 53.6. The number of amides is 5. The number of carbonyl (C=O) groups excluding carboxylic acids is 5. The molecule has 2 aliphatic rings. The van der Waals surface area contributed by atoms with E-state index in [0.717, 1.165) is 84.4 Å². The van der Waals surface area contributed by atoms with Gasteiger partial charge >= 0.3 is 0 Å². The molecule has 2 saturated heterocycles. The van der Waals surface area contributed by atoms with Crippen LogP contribution in [0.4, 0.5) is 22.5 Å². The summed E-state index contributed by atoms with van der Waals surface area (Å²) in [6, 6.07) is 13.6. The van der Waals surface area contributed by atoms with Gasteiger partial charge in [-0.2, -0.15) is 0 Å². The van der Waals surface area contributed by atoms with Gasteiger partial charge in [0, 0.05) is 64.6 Å². The van der Waals surface area contributed by atoms with Crippen molar-refractivity contribution in [3.05, 3.63) is 92.8 Å². The standard InChI is InChI=1S/C55H72ClN11O6S2/c1-35-17-16-18-41(56)48(35)64-52(72)43-32-58-54(75-43)62-44-30-45(61-37(3)60-44)65-25-27-66(28-26-65)47(70)20-15-13-11-9-7-8-10-12-14-19-46(69)63-50(55(4,5)6)53(73)67-33-40(68)29-42(67)51(71)57-31-38-21-23-39(24-22-38)49-36(2)59-34-74-49/h16-18,21-24,30,32,34,40,42,50,68H,7-15,19-20,25-29,31,33H2,1-6H3,(H,57,71)(H,63,69)(H,64,72)(H,58,60,61,62)/t40-,42+,50-/m1/s1. The van der Waals surface area contributed by atoms with Crippen molar-refractivity contribution in [2.24, 2.45) is 5.41 Å². The van der Waals surface area contributed by atoms with Gasteiger partial charge in [0.25, 0.3) is 5.91 Å². The van der Waals surface area contributed by atoms with E-state index in [4.69, 9.17) is 11.6 Å². The van der Waals surface area contributed by atoms with Gasteiger partial charge in [-0.15, -0.1) is 11.3 Å². The number of rotatable bonds is 23. The molecule has 0 unspecified atom stereocenters. The van der Waals surface area contributed by atoms with E-state index in [1.807, 2.05) is 94.4 Å². The second kappa shape index (κ2) is 26.6. The van der Waals surface area contributed by atoms with Crippen molar-refractivity contribution >= 4 is 86.3 Å². The number of hydrogen-bond acceptors (Lipinski definition) is 14. The number of thiazole rings is 2. The first-order valence-corrected chi connectivity index (χ1v) is 28.2. The molecule has 17 nitrogen and oxygen atoms in total. The Morgan fingerprint density at radius 3 is 2.19 bits per heavy atom. The van der Waals surface area contributed by atoms with E-state index >= 15 is 0 Å². The van der Waals surface area contributed by atoms with Crippen LogP contribution in [0.5, 0.6) is 0 Å². The number of carbonyl (C=O) groups is 5. The van der Waals surface area contributed by atoms with Crippen LogP contribution in [0.2, 0.25) is 5.02 Å². The molecule has 3 atom stereocenters. The van der Waals surface area contributed by atoms with Gasteiger partial charge in [-0.1, -0.05) is 125 Å². The summed E-state index contributed by atoms with van der Waals surface area (Å²) in [6.45, 7) is 14.2. The first kappa shape index (κ1) is 56.7. The first-order chi connectivity index (χ1) is 35.9. The fraction of sp³-hybridized carbons (Fsp3) is 0.509. The lowest BCUT2D eigenvalue weighted by Crippen LogP contribution is -2.57. The number of aliphatic hydroxyl groups is 1. The predicted molar refractivity (Wildman–Crippen MR) is 298 cm³/mol. The number of nitrogens with one attached hydrogen (secondary N) is 4. The Hall–Kier alpha value is -6.02. The number of aryl methyl sites for hydroxylation is 3. The summed E-state index contributed by atoms with van der Waals surface area (Å²) in [5.41, 5.74) is 5.59. The Balaban J connectivity index is 0.736. The molecule has 75 heavy (non-hydrogen) atoms. The van der Waals surface area contributed by atoms with E-state index in [1.165, 1.54) is 22.4 Å². The maximum Gasteiger partial charge on any atom is 0.267 e. The number of nitrogens with zero attached hydrogens (tertiary/aromatic N) is 7. The number of benzene rings is 2. The third kappa shape index (κ3) is 16.0. The zero-order valence-corrected chi connectivity index (χ0v) is 46.4. The van der Waals surface area contributed by atoms with Gasteiger partial charge in [0.2, 0.25) is 23.6 Å². The third-order valence-corrected chi connectivity index (χ3v) is 15.9. The van der Waals surface area contributed by atoms with Crippen molar-refractivity contribution < 1.29 is 29.1 Å². The number of aromatic nitrogens is 4. The van der Waals surface area contributed by atoms with Crippen LogP contribution in [0.1, 0.15) is 130 Å². The SMILES string of the molecule is Cc1nc(Nc2ncc(C(=O)Nc3c(C)cccc3Cl)s2)cc(N2CCN(C(=O)CCCCCCCCCCCC(=O)N[C@H](C(=O)N3C[C@H](O)C[C@H]3C(=O)NCc3ccc(-c4scnc4C)cc3)C(C)(C)C)CC2)n1. The molecule has 5 aromatic rings. The van der Waals surface area contributed by atoms with E-state index in [0.29, 0.717) is 77.8 Å². The normalized spacial score (nSPS) is 16.2. The molecule has 2 aromatic carbocycles. The molecule has 2 aliphatic heterocycles. The number of β-amino-alcohol motifs (C(OH)–C–C–N with tert-alkyl or cyclic N) is 1. The lowest BCUT2D eigenvalue weighted by molar-refractivity contribution is -0.144. The van der Waals surface area contributed by atoms with E-state index in [2.05, 4.69) is 46.1 Å². The second-order valence-corrected chi connectivity index (χ2v) is 23.0. The molecule has 5 amide bonds. The highest BCUT2D eigenvalue weighted by Gasteiger charge is 2.44. The monoisotopic (exact) mass is 1080 g/mol. The number of anilines is 4. The van der Waals surface area contributed by atoms with Crippen molar-refractivity contribution in [3.8, 4) is 10.4 Å². The molecule has 0 radical (unpaired) electrons. The summed E-state index contributed by atoms with van der Waals surface area (Å²) in [7, 11) is 0. The summed E-state index contributed by atoms with van der Waals surface area (Å²) in [5.74, 6) is 0.920. The van der Waals surface area contributed by atoms with Crippen molar-refractivity contribution in [2.45, 2.75) is 143 Å². The van der Waals surface area contributed by atoms with E-state index in [-0.39, 0.29) is 49.0 Å². The fourth-order valence-electron chi connectivity index (χ4n) is 9.45. The van der Waals surface area contributed by atoms with Crippen LogP contribution < -0.4 is 26.2 Å². The van der Waals surface area contributed by atoms with Crippen LogP contribution in [0.3, 0.4) is 0 Å². The number of piperazine rings is 1. The maximum atomic E-state index is 14.0. The van der Waals surface area contributed by atoms with Gasteiger partial charge in [-0.25, -0.2) is 19.9 Å². The number of aliphatic hydroxyl groups excluding tert-OH is 1. The second-order valence-electron chi connectivity index (χ2n) is 20.7. The molecule has 0 bridgehead atoms. The lowest BCUT2D eigenvalue weighted by atomic mass is 9.85. The zero-order valence-electron chi connectivity index (χ0n) is 44.0. The molecule has 2 fully saturated rings. The highest BCUT2D eigenvalue weighted by molar-refractivity contribution is 7.17. The van der Waals surface area contributed by atoms with Gasteiger partial charge in [0.15, 0.2) is 5.13 Å². The number of likely N-dealkylation sites (tertiary alicyclic amines) is 1. The highest BCUT2D eigenvalue weighted by Crippen LogP contribution is 2.31. The van der Waals surface area contributed by atoms with Crippen LogP contribution in [-0.2, 0) is 25.7 Å². The van der Waals surface area contributed by atoms with Crippen molar-refractivity contribution in [1.82, 2.24) is 40.4 Å². The minimum atomic E-state index is -0.853. The minimum absolute atomic E-state index is 0.0300. The van der Waals surface area contributed by atoms with Crippen LogP contribution in [0, 0.1) is 26.2 Å². The number of hydrogen-bond donors (Lipinski definition) is 5. The number of halogens is 1. The quantitative estimate of drug-likeness (QED) is 0.0387. The van der Waals surface area contributed by atoms with Crippen LogP contribution >= 0.6 is 34.3 Å². The molecule has 7 rings (SSSR count). The Labute approximate surface area is 453 Å². The summed E-state index contributed by atoms with van der Waals surface area (Å²) >= 11 is 9.10. The Bertz CT molecular complexity index is 2730. The maximum absolute atomic E-state index is 14.0. The topological polar surface area (TPSA) is 215 Å². The minimum Gasteiger partial charge on any atom is -0.391 e. The summed E-state index contributed by atoms with van der Waals surface area (Å²) in [6.07, 6.45) is 10.5. The van der Waals surface area contributed by atoms with Crippen molar-refractivity contribution in [1.29, 1.82) is 0 Å². The van der Waals surface area contributed by atoms with Gasteiger partial charge in [-0.05, 0) is 61.8 Å². The Kier molecular flexibility index (Phi) is 20.1. The molecule has 5 heterocycles. The fourth-order valence-corrected chi connectivity index (χ4v) is 11.2. The molecule has 0 spiro atoms. The molecular weight excluding hydrogens is 1010 g/mol. The van der Waals surface area contributed by atoms with Crippen LogP contribution in [0.25, 0.3) is 10.4 Å². The Morgan fingerprint density at radius 2 is 1.53 bits per heavy atom. The smallest absolute Gasteiger partial charge is 0.267 e. The van der Waals surface area contributed by atoms with Gasteiger partial charge < -0.3 is 41.1 Å². The average molecular weight is 1080 g/mol. The van der Waals surface area contributed by atoms with Crippen molar-refractivity contribution in [2.75, 3.05) is 48.3 Å². The molecule has 0 aliphatic carbocycles. The summed E-state index contributed by atoms with van der Waals surface area (Å²) in [5, 5.41) is 23.6. The number of para-hydroxylation sites is 1. The van der Waals surface area contributed by atoms with E-state index in [1.54, 1.807) is 17.4 Å². The number of unbranched alkanes of at least 4 members (excludes halogenated alkanes) is 8. The third-order valence-electron chi connectivity index (χ3n) is 13.7. The van der Waals surface area contributed by atoms with E-state index < -0.39 is 23.6 Å². The van der Waals surface area contributed by atoms with Gasteiger partial charge in [0.05, 0.1) is 39.1 Å². The van der Waals surface area contributed by atoms with Crippen molar-refractivity contribution in [3.63, 3.8) is 0 Å². The summed E-state index contributed by atoms with van der Waals surface area (Å²) in [4.78, 5) is 91.8. The summed E-state index contributed by atoms with van der Waals surface area (Å²) < 4.78 is 0. The molecule has 402 valence electrons. The molecule has 0 saturated carbocycles. The van der Waals surface area contributed by atoms with Crippen LogP contribution in [0.15, 0.2) is 60.2 Å². The average Bonchev–Trinajstić information content (AvgIpc) is 4.14. The van der Waals surface area contributed by atoms with Crippen LogP contribution in [-0.4, -0.2) is 115 Å². The Morgan fingerprint density at radius 1 is 0.853 bits per heavy atom. The van der Waals surface area contributed by atoms with Gasteiger partial charge in [-0.3, -0.25) is 24.0 Å². The van der Waals surface area contributed by atoms with E-state index in [9.17, 15) is 29.1 Å². The highest BCUT2D eigenvalue weighted by atomic mass is 35.5. The molecule has 5 N–H and O–H groups in total.